The molecular formula is C25H35ClO4. The van der Waals surface area contributed by atoms with E-state index in [0.717, 1.165) is 32.1 Å². The van der Waals surface area contributed by atoms with Gasteiger partial charge in [0.15, 0.2) is 11.4 Å². The minimum absolute atomic E-state index is 0.0551. The molecule has 4 aliphatic rings. The van der Waals surface area contributed by atoms with Gasteiger partial charge in [0.05, 0.1) is 5.88 Å². The molecule has 4 nitrogen and oxygen atoms in total. The summed E-state index contributed by atoms with van der Waals surface area (Å²) in [5.41, 5.74) is 0.0141. The second kappa shape index (κ2) is 7.46. The summed E-state index contributed by atoms with van der Waals surface area (Å²) >= 11 is 6.08. The Kier molecular flexibility index (Phi) is 5.48. The second-order valence-corrected chi connectivity index (χ2v) is 11.0. The van der Waals surface area contributed by atoms with Crippen molar-refractivity contribution in [2.75, 3.05) is 5.88 Å². The van der Waals surface area contributed by atoms with Gasteiger partial charge in [0, 0.05) is 30.6 Å². The van der Waals surface area contributed by atoms with Gasteiger partial charge in [0.2, 0.25) is 0 Å². The van der Waals surface area contributed by atoms with Gasteiger partial charge in [-0.25, -0.2) is 0 Å². The van der Waals surface area contributed by atoms with E-state index in [4.69, 9.17) is 16.3 Å². The number of halogens is 1. The van der Waals surface area contributed by atoms with Gasteiger partial charge in [-0.1, -0.05) is 39.3 Å². The van der Waals surface area contributed by atoms with Gasteiger partial charge in [-0.3, -0.25) is 14.4 Å². The highest BCUT2D eigenvalue weighted by Gasteiger charge is 2.70. The zero-order valence-electron chi connectivity index (χ0n) is 18.8. The number of hydrogen-bond acceptors (Lipinski definition) is 4. The van der Waals surface area contributed by atoms with Gasteiger partial charge in [-0.2, -0.15) is 0 Å². The standard InChI is InChI=1S/C25H35ClO4/c1-5-22(29)30-25(21(28)14-26)15(2)12-20-18-7-6-16-13-17(27)8-10-23(16,3)19(18)9-11-24(20,25)4/h9,15-16,18,20H,5-8,10-14H2,1-4H3/t15-,16-,18-,20+,23+,24+,25-/m1/s1. The van der Waals surface area contributed by atoms with Crippen molar-refractivity contribution in [1.82, 2.24) is 0 Å². The highest BCUT2D eigenvalue weighted by atomic mass is 35.5. The van der Waals surface area contributed by atoms with Crippen molar-refractivity contribution in [2.24, 2.45) is 34.5 Å². The number of allylic oxidation sites excluding steroid dienone is 2. The van der Waals surface area contributed by atoms with Crippen LogP contribution in [0.1, 0.15) is 79.1 Å². The molecule has 0 amide bonds. The van der Waals surface area contributed by atoms with Crippen molar-refractivity contribution < 1.29 is 19.1 Å². The largest absolute Gasteiger partial charge is 0.450 e. The minimum atomic E-state index is -1.14. The van der Waals surface area contributed by atoms with Crippen LogP contribution in [-0.4, -0.2) is 29.0 Å². The zero-order valence-corrected chi connectivity index (χ0v) is 19.5. The number of Topliss-reactive ketones (excluding diaryl/α,β-unsaturated/α-hetero) is 2. The van der Waals surface area contributed by atoms with Crippen molar-refractivity contribution in [3.05, 3.63) is 11.6 Å². The molecule has 4 rings (SSSR count). The summed E-state index contributed by atoms with van der Waals surface area (Å²) in [7, 11) is 0. The van der Waals surface area contributed by atoms with Gasteiger partial charge in [0.25, 0.3) is 0 Å². The van der Waals surface area contributed by atoms with E-state index in [9.17, 15) is 14.4 Å². The SMILES string of the molecule is CCC(=O)O[C@@]1(C(=O)CCl)[C@H](C)C[C@H]2[C@@H]3CC[C@@H]4CC(=O)CC[C@]4(C)C3=CC[C@@]21C. The van der Waals surface area contributed by atoms with E-state index in [-0.39, 0.29) is 35.4 Å². The van der Waals surface area contributed by atoms with Gasteiger partial charge >= 0.3 is 5.97 Å². The van der Waals surface area contributed by atoms with Crippen molar-refractivity contribution in [2.45, 2.75) is 84.7 Å². The molecule has 0 unspecified atom stereocenters. The Balaban J connectivity index is 1.77. The first kappa shape index (κ1) is 22.0. The number of fused-ring (bicyclic) bond motifs is 5. The average Bonchev–Trinajstić information content (AvgIpc) is 2.95. The van der Waals surface area contributed by atoms with E-state index in [1.54, 1.807) is 6.92 Å². The molecular weight excluding hydrogens is 400 g/mol. The molecule has 4 aliphatic carbocycles. The van der Waals surface area contributed by atoms with Crippen LogP contribution in [0.2, 0.25) is 0 Å². The topological polar surface area (TPSA) is 60.4 Å². The quantitative estimate of drug-likeness (QED) is 0.344. The maximum atomic E-state index is 13.3. The third-order valence-electron chi connectivity index (χ3n) is 9.48. The first-order chi connectivity index (χ1) is 14.1. The van der Waals surface area contributed by atoms with Crippen LogP contribution in [-0.2, 0) is 19.1 Å². The molecule has 0 aromatic rings. The highest BCUT2D eigenvalue weighted by molar-refractivity contribution is 6.29. The van der Waals surface area contributed by atoms with E-state index >= 15 is 0 Å². The summed E-state index contributed by atoms with van der Waals surface area (Å²) < 4.78 is 6.06. The predicted octanol–water partition coefficient (Wildman–Crippen LogP) is 5.26. The molecule has 0 N–H and O–H groups in total. The number of rotatable bonds is 4. The summed E-state index contributed by atoms with van der Waals surface area (Å²) in [6.45, 7) is 8.34. The molecule has 7 atom stereocenters. The molecule has 0 spiro atoms. The van der Waals surface area contributed by atoms with Crippen molar-refractivity contribution in [3.8, 4) is 0 Å². The summed E-state index contributed by atoms with van der Waals surface area (Å²) in [5, 5.41) is 0. The highest BCUT2D eigenvalue weighted by Crippen LogP contribution is 2.68. The molecule has 0 aromatic carbocycles. The fourth-order valence-corrected chi connectivity index (χ4v) is 8.06. The summed E-state index contributed by atoms with van der Waals surface area (Å²) in [4.78, 5) is 37.8. The van der Waals surface area contributed by atoms with Crippen LogP contribution in [0.4, 0.5) is 0 Å². The van der Waals surface area contributed by atoms with E-state index in [1.807, 2.05) is 0 Å². The number of esters is 1. The first-order valence-electron chi connectivity index (χ1n) is 11.7. The molecule has 0 radical (unpaired) electrons. The molecule has 166 valence electrons. The van der Waals surface area contributed by atoms with Gasteiger partial charge in [0.1, 0.15) is 5.78 Å². The number of hydrogen-bond donors (Lipinski definition) is 0. The minimum Gasteiger partial charge on any atom is -0.450 e. The molecule has 30 heavy (non-hydrogen) atoms. The zero-order chi connectivity index (χ0) is 21.9. The molecule has 0 saturated heterocycles. The Hall–Kier alpha value is -1.16. The normalized spacial score (nSPS) is 45.1. The third kappa shape index (κ3) is 2.81. The maximum Gasteiger partial charge on any atom is 0.306 e. The fraction of sp³-hybridized carbons (Fsp3) is 0.800. The number of ketones is 2. The summed E-state index contributed by atoms with van der Waals surface area (Å²) in [6.07, 6.45) is 8.66. The average molecular weight is 435 g/mol. The third-order valence-corrected chi connectivity index (χ3v) is 9.73. The van der Waals surface area contributed by atoms with Crippen LogP contribution in [0.15, 0.2) is 11.6 Å². The first-order valence-corrected chi connectivity index (χ1v) is 12.2. The lowest BCUT2D eigenvalue weighted by molar-refractivity contribution is -0.187. The molecule has 0 heterocycles. The molecule has 0 aromatic heterocycles. The Labute approximate surface area is 185 Å². The monoisotopic (exact) mass is 434 g/mol. The molecule has 0 bridgehead atoms. The van der Waals surface area contributed by atoms with Gasteiger partial charge in [-0.05, 0) is 55.3 Å². The Morgan fingerprint density at radius 3 is 2.67 bits per heavy atom. The number of ether oxygens (including phenoxy) is 1. The van der Waals surface area contributed by atoms with Crippen LogP contribution in [0.25, 0.3) is 0 Å². The predicted molar refractivity (Wildman–Crippen MR) is 116 cm³/mol. The lowest BCUT2D eigenvalue weighted by Crippen LogP contribution is -2.59. The number of carbonyl (C=O) groups is 3. The van der Waals surface area contributed by atoms with Crippen LogP contribution in [0.5, 0.6) is 0 Å². The fourth-order valence-electron chi connectivity index (χ4n) is 7.87. The summed E-state index contributed by atoms with van der Waals surface area (Å²) in [6, 6.07) is 0. The Morgan fingerprint density at radius 1 is 1.27 bits per heavy atom. The lowest BCUT2D eigenvalue weighted by atomic mass is 9.48. The molecule has 3 fully saturated rings. The van der Waals surface area contributed by atoms with Crippen molar-refractivity contribution in [3.63, 3.8) is 0 Å². The van der Waals surface area contributed by atoms with E-state index in [2.05, 4.69) is 26.8 Å². The van der Waals surface area contributed by atoms with Gasteiger partial charge in [-0.15, -0.1) is 11.6 Å². The van der Waals surface area contributed by atoms with Crippen molar-refractivity contribution in [1.29, 1.82) is 0 Å². The van der Waals surface area contributed by atoms with Gasteiger partial charge < -0.3 is 4.74 Å². The smallest absolute Gasteiger partial charge is 0.306 e. The van der Waals surface area contributed by atoms with E-state index in [1.165, 1.54) is 5.57 Å². The number of alkyl halides is 1. The number of carbonyl (C=O) groups excluding carboxylic acids is 3. The van der Waals surface area contributed by atoms with Crippen LogP contribution < -0.4 is 0 Å². The van der Waals surface area contributed by atoms with Crippen molar-refractivity contribution >= 4 is 29.1 Å². The second-order valence-electron chi connectivity index (χ2n) is 10.7. The van der Waals surface area contributed by atoms with Crippen LogP contribution in [0.3, 0.4) is 0 Å². The lowest BCUT2D eigenvalue weighted by Gasteiger charge is -2.57. The molecule has 0 aliphatic heterocycles. The van der Waals surface area contributed by atoms with E-state index < -0.39 is 11.0 Å². The molecule has 5 heteroatoms. The van der Waals surface area contributed by atoms with E-state index in [0.29, 0.717) is 36.4 Å². The Bertz CT molecular complexity index is 803. The Morgan fingerprint density at radius 2 is 2.00 bits per heavy atom. The van der Waals surface area contributed by atoms with Crippen LogP contribution in [0, 0.1) is 34.5 Å². The summed E-state index contributed by atoms with van der Waals surface area (Å²) in [5.74, 6) is 0.877. The maximum absolute atomic E-state index is 13.3. The molecule has 3 saturated carbocycles. The van der Waals surface area contributed by atoms with Crippen LogP contribution >= 0.6 is 11.6 Å².